The molecule has 72 valence electrons. The first-order valence-corrected chi connectivity index (χ1v) is 5.16. The van der Waals surface area contributed by atoms with Crippen LogP contribution in [0.1, 0.15) is 15.9 Å². The number of aryl methyl sites for hydroxylation is 1. The quantitative estimate of drug-likeness (QED) is 0.706. The molecule has 0 bridgehead atoms. The van der Waals surface area contributed by atoms with Crippen molar-refractivity contribution < 1.29 is 9.53 Å². The zero-order chi connectivity index (χ0) is 10.1. The molecule has 0 radical (unpaired) electrons. The molecule has 0 aliphatic rings. The summed E-state index contributed by atoms with van der Waals surface area (Å²) in [7, 11) is 1.60. The number of carbonyl (C=O) groups excluding carboxylic acids is 1. The van der Waals surface area contributed by atoms with E-state index in [9.17, 15) is 4.79 Å². The van der Waals surface area contributed by atoms with Crippen molar-refractivity contribution in [3.8, 4) is 5.75 Å². The Morgan fingerprint density at radius 2 is 2.21 bits per heavy atom. The SMILES string of the molecule is COc1c(C=O)ccc2scc(C)c12. The van der Waals surface area contributed by atoms with Crippen LogP contribution in [0.4, 0.5) is 0 Å². The maximum Gasteiger partial charge on any atom is 0.153 e. The molecule has 0 fully saturated rings. The lowest BCUT2D eigenvalue weighted by Gasteiger charge is -2.05. The van der Waals surface area contributed by atoms with E-state index in [1.165, 1.54) is 0 Å². The molecular formula is C11H10O2S. The second-order valence-electron chi connectivity index (χ2n) is 3.10. The van der Waals surface area contributed by atoms with Gasteiger partial charge in [-0.25, -0.2) is 0 Å². The van der Waals surface area contributed by atoms with Crippen molar-refractivity contribution in [3.05, 3.63) is 28.6 Å². The van der Waals surface area contributed by atoms with Crippen LogP contribution in [0.5, 0.6) is 5.75 Å². The Labute approximate surface area is 86.1 Å². The average molecular weight is 206 g/mol. The van der Waals surface area contributed by atoms with Gasteiger partial charge in [0.2, 0.25) is 0 Å². The molecule has 0 unspecified atom stereocenters. The number of ether oxygens (including phenoxy) is 1. The standard InChI is InChI=1S/C11H10O2S/c1-7-6-14-9-4-3-8(5-12)11(13-2)10(7)9/h3-6H,1-2H3. The first kappa shape index (κ1) is 9.21. The summed E-state index contributed by atoms with van der Waals surface area (Å²) in [6.07, 6.45) is 0.829. The average Bonchev–Trinajstić information content (AvgIpc) is 2.59. The minimum absolute atomic E-state index is 0.612. The molecule has 1 aromatic carbocycles. The van der Waals surface area contributed by atoms with Gasteiger partial charge in [-0.1, -0.05) is 0 Å². The van der Waals surface area contributed by atoms with E-state index in [2.05, 4.69) is 5.38 Å². The van der Waals surface area contributed by atoms with Crippen LogP contribution in [0.15, 0.2) is 17.5 Å². The Hall–Kier alpha value is -1.35. The maximum absolute atomic E-state index is 10.8. The molecule has 2 nitrogen and oxygen atoms in total. The van der Waals surface area contributed by atoms with Gasteiger partial charge in [0.1, 0.15) is 5.75 Å². The minimum Gasteiger partial charge on any atom is -0.495 e. The Balaban J connectivity index is 2.87. The van der Waals surface area contributed by atoms with Crippen LogP contribution < -0.4 is 4.74 Å². The molecule has 0 atom stereocenters. The van der Waals surface area contributed by atoms with E-state index < -0.39 is 0 Å². The van der Waals surface area contributed by atoms with E-state index in [-0.39, 0.29) is 0 Å². The highest BCUT2D eigenvalue weighted by Gasteiger charge is 2.10. The van der Waals surface area contributed by atoms with Crippen LogP contribution in [0.3, 0.4) is 0 Å². The third-order valence-corrected chi connectivity index (χ3v) is 3.30. The summed E-state index contributed by atoms with van der Waals surface area (Å²) in [4.78, 5) is 10.8. The van der Waals surface area contributed by atoms with Crippen molar-refractivity contribution in [2.45, 2.75) is 6.92 Å². The fourth-order valence-electron chi connectivity index (χ4n) is 1.58. The monoisotopic (exact) mass is 206 g/mol. The van der Waals surface area contributed by atoms with Gasteiger partial charge in [-0.3, -0.25) is 4.79 Å². The Kier molecular flexibility index (Phi) is 2.25. The minimum atomic E-state index is 0.612. The number of carbonyl (C=O) groups is 1. The van der Waals surface area contributed by atoms with Crippen molar-refractivity contribution in [3.63, 3.8) is 0 Å². The van der Waals surface area contributed by atoms with Crippen LogP contribution in [0, 0.1) is 6.92 Å². The third kappa shape index (κ3) is 1.21. The summed E-state index contributed by atoms with van der Waals surface area (Å²) < 4.78 is 6.42. The van der Waals surface area contributed by atoms with E-state index >= 15 is 0 Å². The fourth-order valence-corrected chi connectivity index (χ4v) is 2.52. The lowest BCUT2D eigenvalue weighted by Crippen LogP contribution is -1.91. The molecule has 2 rings (SSSR count). The number of benzene rings is 1. The zero-order valence-electron chi connectivity index (χ0n) is 8.03. The molecule has 14 heavy (non-hydrogen) atoms. The van der Waals surface area contributed by atoms with E-state index in [0.29, 0.717) is 11.3 Å². The van der Waals surface area contributed by atoms with Gasteiger partial charge in [0.15, 0.2) is 6.29 Å². The number of thiophene rings is 1. The molecule has 0 amide bonds. The molecule has 1 heterocycles. The molecule has 1 aromatic heterocycles. The first-order valence-electron chi connectivity index (χ1n) is 4.28. The number of rotatable bonds is 2. The number of methoxy groups -OCH3 is 1. The molecule has 0 spiro atoms. The number of fused-ring (bicyclic) bond motifs is 1. The molecule has 0 saturated heterocycles. The summed E-state index contributed by atoms with van der Waals surface area (Å²) in [5, 5.41) is 3.13. The molecular weight excluding hydrogens is 196 g/mol. The van der Waals surface area contributed by atoms with Gasteiger partial charge in [0.25, 0.3) is 0 Å². The molecule has 0 N–H and O–H groups in total. The lowest BCUT2D eigenvalue weighted by molar-refractivity contribution is 0.112. The van der Waals surface area contributed by atoms with E-state index in [4.69, 9.17) is 4.74 Å². The summed E-state index contributed by atoms with van der Waals surface area (Å²) in [6, 6.07) is 3.75. The van der Waals surface area contributed by atoms with Gasteiger partial charge in [0.05, 0.1) is 12.7 Å². The van der Waals surface area contributed by atoms with Crippen molar-refractivity contribution in [2.24, 2.45) is 0 Å². The number of aldehydes is 1. The predicted octanol–water partition coefficient (Wildman–Crippen LogP) is 3.03. The summed E-state index contributed by atoms with van der Waals surface area (Å²) in [5.41, 5.74) is 1.77. The summed E-state index contributed by atoms with van der Waals surface area (Å²) in [6.45, 7) is 2.02. The smallest absolute Gasteiger partial charge is 0.153 e. The van der Waals surface area contributed by atoms with Crippen LogP contribution in [0.2, 0.25) is 0 Å². The van der Waals surface area contributed by atoms with Crippen molar-refractivity contribution >= 4 is 27.7 Å². The van der Waals surface area contributed by atoms with Crippen molar-refractivity contribution in [2.75, 3.05) is 7.11 Å². The normalized spacial score (nSPS) is 10.4. The van der Waals surface area contributed by atoms with E-state index in [1.54, 1.807) is 24.5 Å². The van der Waals surface area contributed by atoms with Crippen LogP contribution in [-0.2, 0) is 0 Å². The maximum atomic E-state index is 10.8. The second-order valence-corrected chi connectivity index (χ2v) is 4.01. The zero-order valence-corrected chi connectivity index (χ0v) is 8.85. The van der Waals surface area contributed by atoms with Gasteiger partial charge in [-0.2, -0.15) is 0 Å². The van der Waals surface area contributed by atoms with Crippen LogP contribution in [0.25, 0.3) is 10.1 Å². The van der Waals surface area contributed by atoms with Gasteiger partial charge in [-0.15, -0.1) is 11.3 Å². The van der Waals surface area contributed by atoms with Crippen LogP contribution in [-0.4, -0.2) is 13.4 Å². The summed E-state index contributed by atoms with van der Waals surface area (Å²) >= 11 is 1.67. The number of hydrogen-bond donors (Lipinski definition) is 0. The van der Waals surface area contributed by atoms with Gasteiger partial charge in [-0.05, 0) is 30.0 Å². The summed E-state index contributed by atoms with van der Waals surface area (Å²) in [5.74, 6) is 0.691. The molecule has 0 aliphatic carbocycles. The van der Waals surface area contributed by atoms with Gasteiger partial charge >= 0.3 is 0 Å². The van der Waals surface area contributed by atoms with E-state index in [1.807, 2.05) is 13.0 Å². The topological polar surface area (TPSA) is 26.3 Å². The van der Waals surface area contributed by atoms with Crippen LogP contribution >= 0.6 is 11.3 Å². The van der Waals surface area contributed by atoms with Gasteiger partial charge in [0, 0.05) is 10.1 Å². The molecule has 0 aliphatic heterocycles. The highest BCUT2D eigenvalue weighted by molar-refractivity contribution is 7.17. The van der Waals surface area contributed by atoms with Crippen molar-refractivity contribution in [1.29, 1.82) is 0 Å². The molecule has 3 heteroatoms. The largest absolute Gasteiger partial charge is 0.495 e. The van der Waals surface area contributed by atoms with Gasteiger partial charge < -0.3 is 4.74 Å². The molecule has 2 aromatic rings. The lowest BCUT2D eigenvalue weighted by atomic mass is 10.1. The Morgan fingerprint density at radius 1 is 1.43 bits per heavy atom. The first-order chi connectivity index (χ1) is 6.77. The second kappa shape index (κ2) is 3.42. The Bertz CT molecular complexity index is 485. The van der Waals surface area contributed by atoms with Crippen molar-refractivity contribution in [1.82, 2.24) is 0 Å². The highest BCUT2D eigenvalue weighted by Crippen LogP contribution is 2.35. The molecule has 0 saturated carbocycles. The highest BCUT2D eigenvalue weighted by atomic mass is 32.1. The number of hydrogen-bond acceptors (Lipinski definition) is 3. The predicted molar refractivity (Wildman–Crippen MR) is 58.5 cm³/mol. The third-order valence-electron chi connectivity index (χ3n) is 2.24. The fraction of sp³-hybridized carbons (Fsp3) is 0.182. The van der Waals surface area contributed by atoms with E-state index in [0.717, 1.165) is 21.9 Å². The Morgan fingerprint density at radius 3 is 2.86 bits per heavy atom.